The summed E-state index contributed by atoms with van der Waals surface area (Å²) in [5, 5.41) is 3.06. The summed E-state index contributed by atoms with van der Waals surface area (Å²) in [6, 6.07) is 14.3. The number of hydrogen-bond donors (Lipinski definition) is 1. The van der Waals surface area contributed by atoms with Crippen molar-refractivity contribution in [2.75, 3.05) is 0 Å². The fourth-order valence-corrected chi connectivity index (χ4v) is 3.21. The molecule has 1 amide bonds. The molecule has 0 unspecified atom stereocenters. The van der Waals surface area contributed by atoms with Gasteiger partial charge >= 0.3 is 0 Å². The minimum absolute atomic E-state index is 0.0219. The quantitative estimate of drug-likeness (QED) is 0.898. The predicted octanol–water partition coefficient (Wildman–Crippen LogP) is 4.13. The molecule has 0 saturated carbocycles. The van der Waals surface area contributed by atoms with Gasteiger partial charge < -0.3 is 10.1 Å². The highest BCUT2D eigenvalue weighted by atomic mass is 16.5. The molecule has 0 heterocycles. The first kappa shape index (κ1) is 16.6. The van der Waals surface area contributed by atoms with Crippen LogP contribution in [0, 0.1) is 6.92 Å². The maximum Gasteiger partial charge on any atom is 0.261 e. The average molecular weight is 323 g/mol. The van der Waals surface area contributed by atoms with Crippen molar-refractivity contribution < 1.29 is 9.53 Å². The van der Waals surface area contributed by atoms with E-state index in [4.69, 9.17) is 4.74 Å². The average Bonchev–Trinajstić information content (AvgIpc) is 3.04. The molecular formula is C21H25NO2. The largest absolute Gasteiger partial charge is 0.481 e. The lowest BCUT2D eigenvalue weighted by Crippen LogP contribution is -2.37. The molecule has 3 rings (SSSR count). The lowest BCUT2D eigenvalue weighted by Gasteiger charge is -2.20. The summed E-state index contributed by atoms with van der Waals surface area (Å²) in [5.41, 5.74) is 5.07. The van der Waals surface area contributed by atoms with Gasteiger partial charge in [0.05, 0.1) is 6.04 Å². The van der Waals surface area contributed by atoms with Gasteiger partial charge in [0, 0.05) is 0 Å². The Morgan fingerprint density at radius 2 is 1.83 bits per heavy atom. The number of carbonyl (C=O) groups is 1. The minimum Gasteiger partial charge on any atom is -0.481 e. The molecule has 1 aliphatic rings. The number of ether oxygens (including phenoxy) is 1. The number of fused-ring (bicyclic) bond motifs is 1. The zero-order valence-electron chi connectivity index (χ0n) is 14.6. The summed E-state index contributed by atoms with van der Waals surface area (Å²) < 4.78 is 5.81. The summed E-state index contributed by atoms with van der Waals surface area (Å²) in [5.74, 6) is 0.664. The molecule has 0 aromatic heterocycles. The zero-order valence-corrected chi connectivity index (χ0v) is 14.6. The number of nitrogens with one attached hydrogen (secondary N) is 1. The number of carbonyl (C=O) groups excluding carboxylic acids is 1. The highest BCUT2D eigenvalue weighted by Gasteiger charge is 2.19. The summed E-state index contributed by atoms with van der Waals surface area (Å²) in [4.78, 5) is 12.4. The second kappa shape index (κ2) is 7.08. The van der Waals surface area contributed by atoms with E-state index in [-0.39, 0.29) is 11.9 Å². The van der Waals surface area contributed by atoms with Gasteiger partial charge in [0.25, 0.3) is 5.91 Å². The smallest absolute Gasteiger partial charge is 0.261 e. The standard InChI is InChI=1S/C21H25NO2/c1-14-7-4-5-10-20(14)24-16(3)21(23)22-15(2)18-12-11-17-8-6-9-19(17)13-18/h4-5,7,10-13,15-16H,6,8-9H2,1-3H3,(H,22,23)/t15-,16+/m0/s1. The van der Waals surface area contributed by atoms with Crippen LogP contribution in [0.1, 0.15) is 48.6 Å². The lowest BCUT2D eigenvalue weighted by atomic mass is 10.0. The number of aryl methyl sites for hydroxylation is 3. The van der Waals surface area contributed by atoms with Crippen molar-refractivity contribution in [3.63, 3.8) is 0 Å². The number of rotatable bonds is 5. The molecule has 1 N–H and O–H groups in total. The SMILES string of the molecule is Cc1ccccc1O[C@H](C)C(=O)N[C@@H](C)c1ccc2c(c1)CCC2. The van der Waals surface area contributed by atoms with E-state index in [2.05, 4.69) is 23.5 Å². The van der Waals surface area contributed by atoms with Crippen LogP contribution in [-0.4, -0.2) is 12.0 Å². The fraction of sp³-hybridized carbons (Fsp3) is 0.381. The summed E-state index contributed by atoms with van der Waals surface area (Å²) in [7, 11) is 0. The Labute approximate surface area is 144 Å². The van der Waals surface area contributed by atoms with Gasteiger partial charge in [-0.15, -0.1) is 0 Å². The van der Waals surface area contributed by atoms with Crippen LogP contribution in [0.3, 0.4) is 0 Å². The minimum atomic E-state index is -0.525. The summed E-state index contributed by atoms with van der Waals surface area (Å²) in [6.07, 6.45) is 3.04. The highest BCUT2D eigenvalue weighted by Crippen LogP contribution is 2.25. The molecule has 3 heteroatoms. The second-order valence-corrected chi connectivity index (χ2v) is 6.64. The molecule has 0 radical (unpaired) electrons. The van der Waals surface area contributed by atoms with Gasteiger partial charge in [-0.2, -0.15) is 0 Å². The maximum absolute atomic E-state index is 12.4. The lowest BCUT2D eigenvalue weighted by molar-refractivity contribution is -0.127. The van der Waals surface area contributed by atoms with Gasteiger partial charge in [-0.05, 0) is 68.4 Å². The highest BCUT2D eigenvalue weighted by molar-refractivity contribution is 5.81. The molecule has 2 aromatic carbocycles. The fourth-order valence-electron chi connectivity index (χ4n) is 3.21. The van der Waals surface area contributed by atoms with Gasteiger partial charge in [-0.25, -0.2) is 0 Å². The zero-order chi connectivity index (χ0) is 17.1. The van der Waals surface area contributed by atoms with E-state index in [1.165, 1.54) is 24.0 Å². The van der Waals surface area contributed by atoms with Crippen molar-refractivity contribution in [2.45, 2.75) is 52.2 Å². The molecule has 2 aromatic rings. The van der Waals surface area contributed by atoms with Gasteiger partial charge in [-0.1, -0.05) is 36.4 Å². The van der Waals surface area contributed by atoms with E-state index in [0.29, 0.717) is 0 Å². The molecule has 0 fully saturated rings. The summed E-state index contributed by atoms with van der Waals surface area (Å²) in [6.45, 7) is 5.79. The molecular weight excluding hydrogens is 298 g/mol. The van der Waals surface area contributed by atoms with E-state index in [9.17, 15) is 4.79 Å². The molecule has 0 spiro atoms. The van der Waals surface area contributed by atoms with Gasteiger partial charge in [-0.3, -0.25) is 4.79 Å². The van der Waals surface area contributed by atoms with E-state index < -0.39 is 6.10 Å². The van der Waals surface area contributed by atoms with Crippen LogP contribution in [0.4, 0.5) is 0 Å². The van der Waals surface area contributed by atoms with E-state index in [1.807, 2.05) is 38.1 Å². The molecule has 0 aliphatic heterocycles. The molecule has 0 bridgehead atoms. The molecule has 126 valence electrons. The third-order valence-electron chi connectivity index (χ3n) is 4.75. The topological polar surface area (TPSA) is 38.3 Å². The van der Waals surface area contributed by atoms with Crippen LogP contribution >= 0.6 is 0 Å². The van der Waals surface area contributed by atoms with Crippen molar-refractivity contribution in [1.29, 1.82) is 0 Å². The third-order valence-corrected chi connectivity index (χ3v) is 4.75. The Kier molecular flexibility index (Phi) is 4.89. The van der Waals surface area contributed by atoms with Crippen molar-refractivity contribution >= 4 is 5.91 Å². The molecule has 2 atom stereocenters. The van der Waals surface area contributed by atoms with E-state index in [0.717, 1.165) is 23.3 Å². The van der Waals surface area contributed by atoms with Crippen LogP contribution in [0.2, 0.25) is 0 Å². The summed E-state index contributed by atoms with van der Waals surface area (Å²) >= 11 is 0. The van der Waals surface area contributed by atoms with Crippen molar-refractivity contribution in [1.82, 2.24) is 5.32 Å². The maximum atomic E-state index is 12.4. The van der Waals surface area contributed by atoms with Gasteiger partial charge in [0.15, 0.2) is 6.10 Å². The molecule has 24 heavy (non-hydrogen) atoms. The number of hydrogen-bond acceptors (Lipinski definition) is 2. The van der Waals surface area contributed by atoms with Crippen molar-refractivity contribution in [3.05, 3.63) is 64.7 Å². The van der Waals surface area contributed by atoms with Gasteiger partial charge in [0.2, 0.25) is 0 Å². The number of para-hydroxylation sites is 1. The van der Waals surface area contributed by atoms with E-state index >= 15 is 0 Å². The normalized spacial score (nSPS) is 15.5. The second-order valence-electron chi connectivity index (χ2n) is 6.64. The van der Waals surface area contributed by atoms with Crippen LogP contribution in [0.5, 0.6) is 5.75 Å². The molecule has 0 saturated heterocycles. The Morgan fingerprint density at radius 1 is 1.08 bits per heavy atom. The van der Waals surface area contributed by atoms with Crippen molar-refractivity contribution in [2.24, 2.45) is 0 Å². The Balaban J connectivity index is 1.62. The first-order chi connectivity index (χ1) is 11.5. The van der Waals surface area contributed by atoms with Crippen LogP contribution in [0.15, 0.2) is 42.5 Å². The van der Waals surface area contributed by atoms with Crippen LogP contribution in [-0.2, 0) is 17.6 Å². The monoisotopic (exact) mass is 323 g/mol. The third kappa shape index (κ3) is 3.61. The Morgan fingerprint density at radius 3 is 2.62 bits per heavy atom. The first-order valence-corrected chi connectivity index (χ1v) is 8.69. The predicted molar refractivity (Wildman–Crippen MR) is 96.3 cm³/mol. The molecule has 3 nitrogen and oxygen atoms in total. The van der Waals surface area contributed by atoms with E-state index in [1.54, 1.807) is 6.92 Å². The first-order valence-electron chi connectivity index (χ1n) is 8.69. The molecule has 1 aliphatic carbocycles. The number of benzene rings is 2. The van der Waals surface area contributed by atoms with Crippen LogP contribution in [0.25, 0.3) is 0 Å². The van der Waals surface area contributed by atoms with Crippen molar-refractivity contribution in [3.8, 4) is 5.75 Å². The Bertz CT molecular complexity index is 738. The van der Waals surface area contributed by atoms with Gasteiger partial charge in [0.1, 0.15) is 5.75 Å². The number of amides is 1. The van der Waals surface area contributed by atoms with Crippen LogP contribution < -0.4 is 10.1 Å². The Hall–Kier alpha value is -2.29.